The molecule has 0 bridgehead atoms. The number of nitrogens with two attached hydrogens (primary N) is 1. The van der Waals surface area contributed by atoms with E-state index in [4.69, 9.17) is 15.2 Å². The van der Waals surface area contributed by atoms with Crippen molar-refractivity contribution in [2.75, 3.05) is 50.5 Å². The molecule has 0 spiro atoms. The highest BCUT2D eigenvalue weighted by Gasteiger charge is 2.24. The van der Waals surface area contributed by atoms with E-state index in [0.717, 1.165) is 42.5 Å². The molecule has 0 saturated carbocycles. The summed E-state index contributed by atoms with van der Waals surface area (Å²) in [7, 11) is 2.13. The van der Waals surface area contributed by atoms with Crippen LogP contribution in [0, 0.1) is 0 Å². The minimum atomic E-state index is 0.539. The van der Waals surface area contributed by atoms with E-state index in [0.29, 0.717) is 19.3 Å². The summed E-state index contributed by atoms with van der Waals surface area (Å²) in [6.45, 7) is 6.89. The lowest BCUT2D eigenvalue weighted by Gasteiger charge is -2.38. The van der Waals surface area contributed by atoms with Gasteiger partial charge in [-0.15, -0.1) is 0 Å². The van der Waals surface area contributed by atoms with Crippen LogP contribution >= 0.6 is 0 Å². The highest BCUT2D eigenvalue weighted by molar-refractivity contribution is 5.73. The van der Waals surface area contributed by atoms with E-state index in [-0.39, 0.29) is 0 Å². The highest BCUT2D eigenvalue weighted by atomic mass is 16.6. The largest absolute Gasteiger partial charge is 0.486 e. The van der Waals surface area contributed by atoms with Gasteiger partial charge >= 0.3 is 0 Å². The van der Waals surface area contributed by atoms with E-state index in [1.807, 2.05) is 12.1 Å². The Bertz CT molecular complexity index is 499. The number of ether oxygens (including phenoxy) is 2. The molecular formula is C16H25N3O2. The molecule has 21 heavy (non-hydrogen) atoms. The maximum atomic E-state index is 6.22. The summed E-state index contributed by atoms with van der Waals surface area (Å²) >= 11 is 0. The number of rotatable bonds is 3. The maximum absolute atomic E-state index is 6.22. The third-order valence-electron chi connectivity index (χ3n) is 4.62. The summed E-state index contributed by atoms with van der Waals surface area (Å²) in [6.07, 6.45) is 2.36. The van der Waals surface area contributed by atoms with Crippen molar-refractivity contribution in [3.63, 3.8) is 0 Å². The van der Waals surface area contributed by atoms with E-state index < -0.39 is 0 Å². The molecule has 1 saturated heterocycles. The molecule has 2 heterocycles. The quantitative estimate of drug-likeness (QED) is 0.863. The summed E-state index contributed by atoms with van der Waals surface area (Å²) < 4.78 is 11.3. The van der Waals surface area contributed by atoms with Crippen LogP contribution in [0.5, 0.6) is 11.5 Å². The lowest BCUT2D eigenvalue weighted by atomic mass is 10.0. The first kappa shape index (κ1) is 14.3. The number of piperidine rings is 1. The number of hydrogen-bond donors (Lipinski definition) is 1. The summed E-state index contributed by atoms with van der Waals surface area (Å²) in [4.78, 5) is 4.80. The molecule has 0 atom stereocenters. The normalized spacial score (nSPS) is 19.5. The Morgan fingerprint density at radius 3 is 2.43 bits per heavy atom. The molecule has 0 aromatic heterocycles. The molecule has 1 fully saturated rings. The Morgan fingerprint density at radius 1 is 1.19 bits per heavy atom. The molecule has 5 nitrogen and oxygen atoms in total. The monoisotopic (exact) mass is 291 g/mol. The zero-order valence-corrected chi connectivity index (χ0v) is 13.0. The van der Waals surface area contributed by atoms with Gasteiger partial charge in [-0.25, -0.2) is 0 Å². The van der Waals surface area contributed by atoms with Crippen LogP contribution in [0.1, 0.15) is 19.8 Å². The molecule has 2 aliphatic rings. The predicted molar refractivity (Wildman–Crippen MR) is 85.4 cm³/mol. The van der Waals surface area contributed by atoms with Crippen LogP contribution in [0.15, 0.2) is 12.1 Å². The third-order valence-corrected chi connectivity index (χ3v) is 4.62. The van der Waals surface area contributed by atoms with Crippen LogP contribution < -0.4 is 20.1 Å². The average molecular weight is 291 g/mol. The summed E-state index contributed by atoms with van der Waals surface area (Å²) in [5, 5.41) is 0. The van der Waals surface area contributed by atoms with Crippen LogP contribution in [0.2, 0.25) is 0 Å². The first-order valence-electron chi connectivity index (χ1n) is 7.83. The van der Waals surface area contributed by atoms with Crippen LogP contribution in [-0.4, -0.2) is 50.8 Å². The van der Waals surface area contributed by atoms with Gasteiger partial charge in [0, 0.05) is 38.3 Å². The van der Waals surface area contributed by atoms with Crippen LogP contribution in [0.25, 0.3) is 0 Å². The SMILES string of the molecule is CCN1CCC(N(C)c2cc3c(cc2N)OCCO3)CC1. The number of nitrogen functional groups attached to an aromatic ring is 1. The van der Waals surface area contributed by atoms with E-state index in [2.05, 4.69) is 23.8 Å². The maximum Gasteiger partial charge on any atom is 0.163 e. The molecule has 0 unspecified atom stereocenters. The van der Waals surface area contributed by atoms with Crippen molar-refractivity contribution < 1.29 is 9.47 Å². The molecule has 0 amide bonds. The number of anilines is 2. The van der Waals surface area contributed by atoms with Gasteiger partial charge in [-0.05, 0) is 19.4 Å². The molecular weight excluding hydrogens is 266 g/mol. The van der Waals surface area contributed by atoms with Gasteiger partial charge in [-0.2, -0.15) is 0 Å². The van der Waals surface area contributed by atoms with Crippen molar-refractivity contribution in [2.24, 2.45) is 0 Å². The minimum absolute atomic E-state index is 0.539. The number of benzene rings is 1. The van der Waals surface area contributed by atoms with E-state index in [9.17, 15) is 0 Å². The third kappa shape index (κ3) is 2.88. The van der Waals surface area contributed by atoms with Crippen LogP contribution in [0.3, 0.4) is 0 Å². The molecule has 1 aromatic rings. The summed E-state index contributed by atoms with van der Waals surface area (Å²) in [5.74, 6) is 1.57. The second kappa shape index (κ2) is 6.02. The first-order valence-corrected chi connectivity index (χ1v) is 7.83. The zero-order valence-electron chi connectivity index (χ0n) is 13.0. The molecule has 3 rings (SSSR count). The molecule has 2 N–H and O–H groups in total. The fraction of sp³-hybridized carbons (Fsp3) is 0.625. The van der Waals surface area contributed by atoms with Crippen LogP contribution in [0.4, 0.5) is 11.4 Å². The molecule has 116 valence electrons. The second-order valence-electron chi connectivity index (χ2n) is 5.83. The van der Waals surface area contributed by atoms with E-state index in [1.165, 1.54) is 12.8 Å². The van der Waals surface area contributed by atoms with Gasteiger partial charge in [0.15, 0.2) is 11.5 Å². The van der Waals surface area contributed by atoms with Gasteiger partial charge in [0.2, 0.25) is 0 Å². The summed E-state index contributed by atoms with van der Waals surface area (Å²) in [6, 6.07) is 4.45. The fourth-order valence-electron chi connectivity index (χ4n) is 3.22. The molecule has 1 aromatic carbocycles. The van der Waals surface area contributed by atoms with Gasteiger partial charge in [-0.1, -0.05) is 6.92 Å². The summed E-state index contributed by atoms with van der Waals surface area (Å²) in [5.41, 5.74) is 8.03. The van der Waals surface area contributed by atoms with Crippen molar-refractivity contribution in [3.8, 4) is 11.5 Å². The molecule has 5 heteroatoms. The van der Waals surface area contributed by atoms with E-state index in [1.54, 1.807) is 0 Å². The average Bonchev–Trinajstić information content (AvgIpc) is 2.53. The lowest BCUT2D eigenvalue weighted by Crippen LogP contribution is -2.43. The number of likely N-dealkylation sites (tertiary alicyclic amines) is 1. The van der Waals surface area contributed by atoms with Crippen molar-refractivity contribution in [1.82, 2.24) is 4.90 Å². The zero-order chi connectivity index (χ0) is 14.8. The Kier molecular flexibility index (Phi) is 4.10. The second-order valence-corrected chi connectivity index (χ2v) is 5.83. The van der Waals surface area contributed by atoms with Gasteiger partial charge in [0.05, 0.1) is 11.4 Å². The standard InChI is InChI=1S/C16H25N3O2/c1-3-19-6-4-12(5-7-19)18(2)14-11-16-15(10-13(14)17)20-8-9-21-16/h10-12H,3-9,17H2,1-2H3. The number of hydrogen-bond acceptors (Lipinski definition) is 5. The Labute approximate surface area is 126 Å². The number of nitrogens with zero attached hydrogens (tertiary/aromatic N) is 2. The smallest absolute Gasteiger partial charge is 0.163 e. The Balaban J connectivity index is 1.77. The molecule has 2 aliphatic heterocycles. The highest BCUT2D eigenvalue weighted by Crippen LogP contribution is 2.39. The van der Waals surface area contributed by atoms with Gasteiger partial charge in [0.25, 0.3) is 0 Å². The molecule has 0 radical (unpaired) electrons. The van der Waals surface area contributed by atoms with Crippen molar-refractivity contribution >= 4 is 11.4 Å². The number of fused-ring (bicyclic) bond motifs is 1. The fourth-order valence-corrected chi connectivity index (χ4v) is 3.22. The Morgan fingerprint density at radius 2 is 1.81 bits per heavy atom. The van der Waals surface area contributed by atoms with Gasteiger partial charge in [-0.3, -0.25) is 0 Å². The van der Waals surface area contributed by atoms with Crippen LogP contribution in [-0.2, 0) is 0 Å². The topological polar surface area (TPSA) is 51.0 Å². The first-order chi connectivity index (χ1) is 10.2. The van der Waals surface area contributed by atoms with Gasteiger partial charge in [0.1, 0.15) is 13.2 Å². The minimum Gasteiger partial charge on any atom is -0.486 e. The van der Waals surface area contributed by atoms with Crippen molar-refractivity contribution in [2.45, 2.75) is 25.8 Å². The van der Waals surface area contributed by atoms with E-state index >= 15 is 0 Å². The van der Waals surface area contributed by atoms with Gasteiger partial charge < -0.3 is 25.0 Å². The predicted octanol–water partition coefficient (Wildman–Crippen LogP) is 1.96. The molecule has 0 aliphatic carbocycles. The van der Waals surface area contributed by atoms with Crippen molar-refractivity contribution in [3.05, 3.63) is 12.1 Å². The Hall–Kier alpha value is -1.62. The lowest BCUT2D eigenvalue weighted by molar-refractivity contribution is 0.171. The van der Waals surface area contributed by atoms with Crippen molar-refractivity contribution in [1.29, 1.82) is 0 Å².